The number of aryl methyl sites for hydroxylation is 2. The van der Waals surface area contributed by atoms with E-state index in [9.17, 15) is 8.42 Å². The molecule has 1 N–H and O–H groups in total. The summed E-state index contributed by atoms with van der Waals surface area (Å²) in [6, 6.07) is 6.20. The first-order chi connectivity index (χ1) is 11.7. The van der Waals surface area contributed by atoms with E-state index in [-0.39, 0.29) is 22.1 Å². The van der Waals surface area contributed by atoms with Crippen LogP contribution in [0.25, 0.3) is 0 Å². The average molecular weight is 386 g/mol. The summed E-state index contributed by atoms with van der Waals surface area (Å²) in [4.78, 5) is 0.0362. The molecule has 0 saturated carbocycles. The lowest BCUT2D eigenvalue weighted by Crippen LogP contribution is -2.15. The van der Waals surface area contributed by atoms with Crippen molar-refractivity contribution < 1.29 is 22.6 Å². The number of methoxy groups -OCH3 is 3. The second-order valence-electron chi connectivity index (χ2n) is 5.38. The number of benzene rings is 2. The summed E-state index contributed by atoms with van der Waals surface area (Å²) < 4.78 is 43.8. The van der Waals surface area contributed by atoms with Crippen molar-refractivity contribution in [3.05, 3.63) is 40.4 Å². The smallest absolute Gasteiger partial charge is 0.265 e. The van der Waals surface area contributed by atoms with Crippen LogP contribution >= 0.6 is 11.6 Å². The number of nitrogens with one attached hydrogen (secondary N) is 1. The van der Waals surface area contributed by atoms with E-state index in [1.165, 1.54) is 33.5 Å². The second kappa shape index (κ2) is 7.41. The molecule has 0 fully saturated rings. The molecule has 0 aliphatic carbocycles. The predicted octanol–water partition coefficient (Wildman–Crippen LogP) is 3.78. The molecule has 2 aromatic rings. The third-order valence-electron chi connectivity index (χ3n) is 3.79. The Morgan fingerprint density at radius 1 is 0.840 bits per heavy atom. The van der Waals surface area contributed by atoms with Gasteiger partial charge in [0, 0.05) is 12.1 Å². The fraction of sp³-hybridized carbons (Fsp3) is 0.294. The summed E-state index contributed by atoms with van der Waals surface area (Å²) >= 11 is 6.05. The fourth-order valence-corrected chi connectivity index (χ4v) is 3.80. The van der Waals surface area contributed by atoms with Crippen LogP contribution in [0.4, 0.5) is 5.69 Å². The van der Waals surface area contributed by atoms with E-state index in [0.717, 1.165) is 11.1 Å². The van der Waals surface area contributed by atoms with Crippen LogP contribution in [0.3, 0.4) is 0 Å². The first kappa shape index (κ1) is 19.2. The summed E-state index contributed by atoms with van der Waals surface area (Å²) in [6.07, 6.45) is 0. The minimum atomic E-state index is -3.92. The third kappa shape index (κ3) is 3.93. The zero-order chi connectivity index (χ0) is 18.8. The van der Waals surface area contributed by atoms with E-state index in [4.69, 9.17) is 25.8 Å². The van der Waals surface area contributed by atoms with Gasteiger partial charge in [-0.3, -0.25) is 4.72 Å². The molecule has 6 nitrogen and oxygen atoms in total. The molecule has 0 aliphatic rings. The number of sulfonamides is 1. The zero-order valence-electron chi connectivity index (χ0n) is 14.6. The van der Waals surface area contributed by atoms with Crippen LogP contribution in [0.2, 0.25) is 5.02 Å². The number of hydrogen-bond donors (Lipinski definition) is 1. The van der Waals surface area contributed by atoms with Crippen LogP contribution < -0.4 is 18.9 Å². The molecule has 0 amide bonds. The van der Waals surface area contributed by atoms with Crippen molar-refractivity contribution in [2.45, 2.75) is 18.7 Å². The first-order valence-corrected chi connectivity index (χ1v) is 9.19. The third-order valence-corrected chi connectivity index (χ3v) is 5.47. The topological polar surface area (TPSA) is 73.9 Å². The van der Waals surface area contributed by atoms with Gasteiger partial charge >= 0.3 is 0 Å². The van der Waals surface area contributed by atoms with E-state index in [2.05, 4.69) is 4.72 Å². The van der Waals surface area contributed by atoms with Crippen molar-refractivity contribution in [1.82, 2.24) is 0 Å². The average Bonchev–Trinajstić information content (AvgIpc) is 2.57. The Bertz CT molecular complexity index is 896. The second-order valence-corrected chi connectivity index (χ2v) is 7.44. The van der Waals surface area contributed by atoms with Gasteiger partial charge in [-0.1, -0.05) is 11.6 Å². The number of rotatable bonds is 6. The molecule has 0 aliphatic heterocycles. The highest BCUT2D eigenvalue weighted by Crippen LogP contribution is 2.38. The predicted molar refractivity (Wildman–Crippen MR) is 97.8 cm³/mol. The van der Waals surface area contributed by atoms with Gasteiger partial charge in [0.1, 0.15) is 22.1 Å². The Balaban J connectivity index is 2.55. The molecule has 0 aromatic heterocycles. The lowest BCUT2D eigenvalue weighted by atomic mass is 10.1. The molecule has 0 saturated heterocycles. The van der Waals surface area contributed by atoms with Crippen LogP contribution in [0.1, 0.15) is 11.1 Å². The van der Waals surface area contributed by atoms with Crippen LogP contribution in [0.5, 0.6) is 17.2 Å². The fourth-order valence-electron chi connectivity index (χ4n) is 2.27. The van der Waals surface area contributed by atoms with Gasteiger partial charge in [0.15, 0.2) is 0 Å². The molecule has 0 radical (unpaired) electrons. The lowest BCUT2D eigenvalue weighted by molar-refractivity contribution is 0.402. The SMILES string of the molecule is COc1cc(NS(=O)(=O)c2cc(C)c(C)cc2OC)c(OC)cc1Cl. The molecule has 8 heteroatoms. The van der Waals surface area contributed by atoms with E-state index in [1.807, 2.05) is 13.8 Å². The van der Waals surface area contributed by atoms with E-state index in [1.54, 1.807) is 12.1 Å². The molecule has 136 valence electrons. The van der Waals surface area contributed by atoms with Crippen molar-refractivity contribution in [3.8, 4) is 17.2 Å². The Morgan fingerprint density at radius 3 is 1.96 bits per heavy atom. The molecule has 0 unspecified atom stereocenters. The van der Waals surface area contributed by atoms with Crippen molar-refractivity contribution >= 4 is 27.3 Å². The molecule has 0 heterocycles. The zero-order valence-corrected chi connectivity index (χ0v) is 16.2. The highest BCUT2D eigenvalue weighted by Gasteiger charge is 2.23. The Morgan fingerprint density at radius 2 is 1.40 bits per heavy atom. The quantitative estimate of drug-likeness (QED) is 0.819. The number of hydrogen-bond acceptors (Lipinski definition) is 5. The maximum Gasteiger partial charge on any atom is 0.265 e. The van der Waals surface area contributed by atoms with Gasteiger partial charge in [0.05, 0.1) is 32.0 Å². The van der Waals surface area contributed by atoms with E-state index in [0.29, 0.717) is 10.8 Å². The van der Waals surface area contributed by atoms with E-state index < -0.39 is 10.0 Å². The van der Waals surface area contributed by atoms with Crippen LogP contribution in [0.15, 0.2) is 29.2 Å². The Hall–Kier alpha value is -2.12. The molecule has 25 heavy (non-hydrogen) atoms. The van der Waals surface area contributed by atoms with Gasteiger partial charge in [0.25, 0.3) is 10.0 Å². The van der Waals surface area contributed by atoms with Gasteiger partial charge < -0.3 is 14.2 Å². The summed E-state index contributed by atoms with van der Waals surface area (Å²) in [5.74, 6) is 0.861. The van der Waals surface area contributed by atoms with Gasteiger partial charge in [-0.2, -0.15) is 0 Å². The van der Waals surface area contributed by atoms with Crippen LogP contribution in [-0.2, 0) is 10.0 Å². The largest absolute Gasteiger partial charge is 0.495 e. The minimum absolute atomic E-state index is 0.0362. The summed E-state index contributed by atoms with van der Waals surface area (Å²) in [6.45, 7) is 3.72. The van der Waals surface area contributed by atoms with Crippen molar-refractivity contribution in [2.75, 3.05) is 26.1 Å². The van der Waals surface area contributed by atoms with Gasteiger partial charge in [-0.05, 0) is 37.1 Å². The highest BCUT2D eigenvalue weighted by molar-refractivity contribution is 7.92. The molecule has 2 aromatic carbocycles. The van der Waals surface area contributed by atoms with Crippen molar-refractivity contribution in [2.24, 2.45) is 0 Å². The van der Waals surface area contributed by atoms with Crippen molar-refractivity contribution in [3.63, 3.8) is 0 Å². The standard InChI is InChI=1S/C17H20ClNO5S/c1-10-6-16(24-5)17(7-11(10)2)25(20,21)19-13-9-14(22-3)12(18)8-15(13)23-4/h6-9,19H,1-5H3. The Kier molecular flexibility index (Phi) is 5.69. The van der Waals surface area contributed by atoms with E-state index >= 15 is 0 Å². The summed E-state index contributed by atoms with van der Waals surface area (Å²) in [5, 5.41) is 0.311. The molecular formula is C17H20ClNO5S. The molecular weight excluding hydrogens is 366 g/mol. The lowest BCUT2D eigenvalue weighted by Gasteiger charge is -2.16. The van der Waals surface area contributed by atoms with Crippen LogP contribution in [0, 0.1) is 13.8 Å². The summed E-state index contributed by atoms with van der Waals surface area (Å²) in [5.41, 5.74) is 1.98. The normalized spacial score (nSPS) is 11.1. The maximum absolute atomic E-state index is 12.9. The summed E-state index contributed by atoms with van der Waals surface area (Å²) in [7, 11) is 0.372. The first-order valence-electron chi connectivity index (χ1n) is 7.33. The van der Waals surface area contributed by atoms with Gasteiger partial charge in [0.2, 0.25) is 0 Å². The Labute approximate surface area is 152 Å². The van der Waals surface area contributed by atoms with Gasteiger partial charge in [-0.15, -0.1) is 0 Å². The van der Waals surface area contributed by atoms with Crippen molar-refractivity contribution in [1.29, 1.82) is 0 Å². The highest BCUT2D eigenvalue weighted by atomic mass is 35.5. The van der Waals surface area contributed by atoms with Gasteiger partial charge in [-0.25, -0.2) is 8.42 Å². The van der Waals surface area contributed by atoms with Crippen LogP contribution in [-0.4, -0.2) is 29.7 Å². The molecule has 0 atom stereocenters. The molecule has 2 rings (SSSR count). The number of anilines is 1. The maximum atomic E-state index is 12.9. The number of halogens is 1. The minimum Gasteiger partial charge on any atom is -0.495 e. The molecule has 0 spiro atoms. The number of ether oxygens (including phenoxy) is 3. The monoisotopic (exact) mass is 385 g/mol. The molecule has 0 bridgehead atoms.